The molecule has 0 bridgehead atoms. The van der Waals surface area contributed by atoms with Crippen molar-refractivity contribution in [3.63, 3.8) is 0 Å². The highest BCUT2D eigenvalue weighted by molar-refractivity contribution is 5.94. The van der Waals surface area contributed by atoms with Gasteiger partial charge in [-0.25, -0.2) is 9.78 Å². The Hall–Kier alpha value is -2.36. The number of carboxylic acid groups (broad SMARTS) is 1. The van der Waals surface area contributed by atoms with E-state index < -0.39 is 5.97 Å². The molecular weight excluding hydrogens is 252 g/mol. The second-order valence-electron chi connectivity index (χ2n) is 4.92. The summed E-state index contributed by atoms with van der Waals surface area (Å²) in [5.41, 5.74) is 5.18. The van der Waals surface area contributed by atoms with Gasteiger partial charge in [-0.2, -0.15) is 0 Å². The molecule has 0 radical (unpaired) electrons. The number of nitrogens with one attached hydrogen (secondary N) is 1. The quantitative estimate of drug-likeness (QED) is 0.897. The van der Waals surface area contributed by atoms with Crippen LogP contribution in [0.25, 0.3) is 11.3 Å². The first-order valence-corrected chi connectivity index (χ1v) is 6.44. The van der Waals surface area contributed by atoms with E-state index in [1.165, 1.54) is 0 Å². The Morgan fingerprint density at radius 2 is 1.85 bits per heavy atom. The van der Waals surface area contributed by atoms with Gasteiger partial charge in [0.05, 0.1) is 5.69 Å². The Kier molecular flexibility index (Phi) is 3.74. The number of carboxylic acids is 1. The molecular formula is C16H18N2O2. The molecule has 2 N–H and O–H groups in total. The summed E-state index contributed by atoms with van der Waals surface area (Å²) in [5.74, 6) is -0.587. The number of anilines is 1. The minimum atomic E-state index is -0.975. The second-order valence-corrected chi connectivity index (χ2v) is 4.92. The molecule has 4 nitrogen and oxygen atoms in total. The van der Waals surface area contributed by atoms with Gasteiger partial charge in [-0.1, -0.05) is 17.7 Å². The van der Waals surface area contributed by atoms with Crippen LogP contribution in [0.1, 0.15) is 27.0 Å². The van der Waals surface area contributed by atoms with E-state index in [4.69, 9.17) is 0 Å². The summed E-state index contributed by atoms with van der Waals surface area (Å²) in [6, 6.07) is 7.84. The van der Waals surface area contributed by atoms with Crippen LogP contribution < -0.4 is 5.32 Å². The smallest absolute Gasteiger partial charge is 0.339 e. The zero-order valence-electron chi connectivity index (χ0n) is 12.1. The monoisotopic (exact) mass is 270 g/mol. The number of nitrogens with zero attached hydrogens (tertiary/aromatic N) is 1. The molecule has 0 aliphatic rings. The van der Waals surface area contributed by atoms with E-state index in [0.29, 0.717) is 5.82 Å². The summed E-state index contributed by atoms with van der Waals surface area (Å²) < 4.78 is 0. The maximum Gasteiger partial charge on any atom is 0.339 e. The van der Waals surface area contributed by atoms with Gasteiger partial charge in [-0.3, -0.25) is 0 Å². The van der Waals surface area contributed by atoms with E-state index in [1.807, 2.05) is 20.8 Å². The van der Waals surface area contributed by atoms with E-state index in [9.17, 15) is 9.90 Å². The number of aromatic carboxylic acids is 1. The molecule has 0 aliphatic carbocycles. The molecule has 1 heterocycles. The summed E-state index contributed by atoms with van der Waals surface area (Å²) >= 11 is 0. The molecule has 0 atom stereocenters. The van der Waals surface area contributed by atoms with E-state index in [1.54, 1.807) is 13.1 Å². The van der Waals surface area contributed by atoms with Gasteiger partial charge in [0, 0.05) is 12.6 Å². The lowest BCUT2D eigenvalue weighted by Crippen LogP contribution is -2.07. The van der Waals surface area contributed by atoms with Crippen molar-refractivity contribution in [3.05, 3.63) is 46.5 Å². The summed E-state index contributed by atoms with van der Waals surface area (Å²) in [5, 5.41) is 12.1. The minimum absolute atomic E-state index is 0.194. The molecule has 0 spiro atoms. The fraction of sp³-hybridized carbons (Fsp3) is 0.250. The molecule has 20 heavy (non-hydrogen) atoms. The molecule has 0 aliphatic heterocycles. The third kappa shape index (κ3) is 2.50. The van der Waals surface area contributed by atoms with E-state index >= 15 is 0 Å². The lowest BCUT2D eigenvalue weighted by molar-refractivity contribution is 0.0697. The highest BCUT2D eigenvalue weighted by Crippen LogP contribution is 2.29. The zero-order valence-corrected chi connectivity index (χ0v) is 12.1. The number of carbonyl (C=O) groups is 1. The lowest BCUT2D eigenvalue weighted by atomic mass is 9.98. The Labute approximate surface area is 118 Å². The molecule has 1 aromatic heterocycles. The number of benzene rings is 1. The van der Waals surface area contributed by atoms with E-state index in [-0.39, 0.29) is 5.56 Å². The van der Waals surface area contributed by atoms with Gasteiger partial charge >= 0.3 is 5.97 Å². The average molecular weight is 270 g/mol. The molecule has 0 saturated heterocycles. The van der Waals surface area contributed by atoms with Crippen molar-refractivity contribution >= 4 is 11.8 Å². The van der Waals surface area contributed by atoms with E-state index in [2.05, 4.69) is 28.5 Å². The molecule has 2 aromatic rings. The zero-order chi connectivity index (χ0) is 14.9. The van der Waals surface area contributed by atoms with Gasteiger partial charge < -0.3 is 10.4 Å². The van der Waals surface area contributed by atoms with Gasteiger partial charge in [-0.15, -0.1) is 0 Å². The van der Waals surface area contributed by atoms with Crippen LogP contribution in [0.5, 0.6) is 0 Å². The Morgan fingerprint density at radius 3 is 2.45 bits per heavy atom. The largest absolute Gasteiger partial charge is 0.478 e. The Bertz CT molecular complexity index is 678. The normalized spacial score (nSPS) is 10.4. The van der Waals surface area contributed by atoms with Crippen LogP contribution in [0.3, 0.4) is 0 Å². The van der Waals surface area contributed by atoms with Crippen molar-refractivity contribution < 1.29 is 9.90 Å². The topological polar surface area (TPSA) is 62.2 Å². The van der Waals surface area contributed by atoms with Crippen LogP contribution in [0.15, 0.2) is 24.3 Å². The Morgan fingerprint density at radius 1 is 1.15 bits per heavy atom. The number of pyridine rings is 1. The molecule has 0 fully saturated rings. The van der Waals surface area contributed by atoms with Crippen molar-refractivity contribution in [1.82, 2.24) is 4.98 Å². The highest BCUT2D eigenvalue weighted by atomic mass is 16.4. The average Bonchev–Trinajstić information content (AvgIpc) is 2.41. The van der Waals surface area contributed by atoms with Crippen LogP contribution in [0, 0.1) is 20.8 Å². The fourth-order valence-corrected chi connectivity index (χ4v) is 2.23. The minimum Gasteiger partial charge on any atom is -0.478 e. The number of rotatable bonds is 3. The fourth-order valence-electron chi connectivity index (χ4n) is 2.23. The first kappa shape index (κ1) is 14.1. The maximum absolute atomic E-state index is 11.2. The van der Waals surface area contributed by atoms with Crippen LogP contribution in [0.2, 0.25) is 0 Å². The van der Waals surface area contributed by atoms with Gasteiger partial charge in [0.25, 0.3) is 0 Å². The summed E-state index contributed by atoms with van der Waals surface area (Å²) in [4.78, 5) is 15.7. The standard InChI is InChI=1S/C16H18N2O2/c1-9-5-6-10(2)12(7-9)14-11(3)8-13(16(19)20)15(17-4)18-14/h5-8H,1-4H3,(H,17,18)(H,19,20). The van der Waals surface area contributed by atoms with Crippen molar-refractivity contribution in [2.24, 2.45) is 0 Å². The highest BCUT2D eigenvalue weighted by Gasteiger charge is 2.16. The number of hydrogen-bond donors (Lipinski definition) is 2. The van der Waals surface area contributed by atoms with Crippen molar-refractivity contribution in [3.8, 4) is 11.3 Å². The molecule has 2 rings (SSSR count). The lowest BCUT2D eigenvalue weighted by Gasteiger charge is -2.13. The van der Waals surface area contributed by atoms with Gasteiger partial charge in [0.2, 0.25) is 0 Å². The first-order chi connectivity index (χ1) is 9.43. The molecule has 104 valence electrons. The molecule has 0 amide bonds. The SMILES string of the molecule is CNc1nc(-c2cc(C)ccc2C)c(C)cc1C(=O)O. The van der Waals surface area contributed by atoms with Crippen LogP contribution >= 0.6 is 0 Å². The molecule has 0 unspecified atom stereocenters. The summed E-state index contributed by atoms with van der Waals surface area (Å²) in [6.07, 6.45) is 0. The second kappa shape index (κ2) is 5.33. The van der Waals surface area contributed by atoms with Gasteiger partial charge in [0.1, 0.15) is 11.4 Å². The third-order valence-electron chi connectivity index (χ3n) is 3.33. The maximum atomic E-state index is 11.2. The van der Waals surface area contributed by atoms with E-state index in [0.717, 1.165) is 27.9 Å². The number of aromatic nitrogens is 1. The predicted octanol–water partition coefficient (Wildman–Crippen LogP) is 3.41. The van der Waals surface area contributed by atoms with Crippen molar-refractivity contribution in [2.75, 3.05) is 12.4 Å². The first-order valence-electron chi connectivity index (χ1n) is 6.44. The Balaban J connectivity index is 2.69. The summed E-state index contributed by atoms with van der Waals surface area (Å²) in [7, 11) is 1.68. The molecule has 0 saturated carbocycles. The number of aryl methyl sites for hydroxylation is 3. The van der Waals surface area contributed by atoms with Crippen LogP contribution in [0.4, 0.5) is 5.82 Å². The van der Waals surface area contributed by atoms with Crippen LogP contribution in [-0.2, 0) is 0 Å². The molecule has 1 aromatic carbocycles. The third-order valence-corrected chi connectivity index (χ3v) is 3.33. The summed E-state index contributed by atoms with van der Waals surface area (Å²) in [6.45, 7) is 5.94. The number of hydrogen-bond acceptors (Lipinski definition) is 3. The van der Waals surface area contributed by atoms with Crippen molar-refractivity contribution in [2.45, 2.75) is 20.8 Å². The molecule has 4 heteroatoms. The van der Waals surface area contributed by atoms with Crippen molar-refractivity contribution in [1.29, 1.82) is 0 Å². The predicted molar refractivity (Wildman–Crippen MR) is 80.4 cm³/mol. The van der Waals surface area contributed by atoms with Gasteiger partial charge in [0.15, 0.2) is 0 Å². The van der Waals surface area contributed by atoms with Gasteiger partial charge in [-0.05, 0) is 44.0 Å². The van der Waals surface area contributed by atoms with Crippen LogP contribution in [-0.4, -0.2) is 23.1 Å².